The highest BCUT2D eigenvalue weighted by atomic mass is 16.7. The van der Waals surface area contributed by atoms with Crippen LogP contribution in [0.5, 0.6) is 0 Å². The molecule has 2 heterocycles. The van der Waals surface area contributed by atoms with Crippen LogP contribution in [0.1, 0.15) is 65.7 Å². The molecule has 0 bridgehead atoms. The number of nitrogens with zero attached hydrogens (tertiary/aromatic N) is 4. The van der Waals surface area contributed by atoms with Crippen molar-refractivity contribution in [2.45, 2.75) is 89.7 Å². The van der Waals surface area contributed by atoms with Gasteiger partial charge < -0.3 is 19.1 Å². The van der Waals surface area contributed by atoms with Crippen LogP contribution in [0.25, 0.3) is 10.4 Å². The third kappa shape index (κ3) is 6.67. The Kier molecular flexibility index (Phi) is 8.00. The Bertz CT molecular complexity index is 496. The number of likely N-dealkylation sites (tertiary alicyclic amines) is 1. The van der Waals surface area contributed by atoms with Crippen molar-refractivity contribution in [2.24, 2.45) is 5.11 Å². The fourth-order valence-electron chi connectivity index (χ4n) is 3.48. The maximum atomic E-state index is 12.4. The largest absolute Gasteiger partial charge is 0.444 e. The van der Waals surface area contributed by atoms with Gasteiger partial charge in [0.2, 0.25) is 0 Å². The molecule has 0 radical (unpaired) electrons. The van der Waals surface area contributed by atoms with Gasteiger partial charge in [0.05, 0.1) is 6.04 Å². The summed E-state index contributed by atoms with van der Waals surface area (Å²) >= 11 is 0. The van der Waals surface area contributed by atoms with E-state index < -0.39 is 5.60 Å². The first kappa shape index (κ1) is 20.8. The molecule has 26 heavy (non-hydrogen) atoms. The highest BCUT2D eigenvalue weighted by molar-refractivity contribution is 5.69. The Balaban J connectivity index is 1.84. The van der Waals surface area contributed by atoms with Gasteiger partial charge in [-0.25, -0.2) is 4.79 Å². The standard InChI is InChI=1S/C18H32N4O4/c1-18(2,3)26-17(23)22-11-6-9-15(22)14(20-21-19)8-7-13-25-16-10-4-5-12-24-16/h14-16H,4-13H2,1-3H3/t14?,15-,16?/m0/s1. The molecule has 0 N–H and O–H groups in total. The van der Waals surface area contributed by atoms with Crippen LogP contribution < -0.4 is 0 Å². The number of carbonyl (C=O) groups excluding carboxylic acids is 1. The monoisotopic (exact) mass is 368 g/mol. The van der Waals surface area contributed by atoms with Crippen molar-refractivity contribution >= 4 is 6.09 Å². The third-order valence-electron chi connectivity index (χ3n) is 4.66. The molecular weight excluding hydrogens is 336 g/mol. The van der Waals surface area contributed by atoms with Gasteiger partial charge in [0, 0.05) is 30.7 Å². The predicted octanol–water partition coefficient (Wildman–Crippen LogP) is 4.39. The van der Waals surface area contributed by atoms with E-state index in [0.29, 0.717) is 19.6 Å². The molecule has 0 aromatic heterocycles. The summed E-state index contributed by atoms with van der Waals surface area (Å²) < 4.78 is 16.8. The molecule has 8 nitrogen and oxygen atoms in total. The maximum Gasteiger partial charge on any atom is 0.410 e. The topological polar surface area (TPSA) is 96.8 Å². The molecule has 0 spiro atoms. The van der Waals surface area contributed by atoms with Crippen molar-refractivity contribution < 1.29 is 19.0 Å². The van der Waals surface area contributed by atoms with Crippen molar-refractivity contribution in [1.29, 1.82) is 0 Å². The smallest absolute Gasteiger partial charge is 0.410 e. The zero-order valence-electron chi connectivity index (χ0n) is 16.2. The van der Waals surface area contributed by atoms with Crippen LogP contribution >= 0.6 is 0 Å². The fraction of sp³-hybridized carbons (Fsp3) is 0.944. The molecule has 2 aliphatic rings. The summed E-state index contributed by atoms with van der Waals surface area (Å²) in [6.45, 7) is 7.53. The van der Waals surface area contributed by atoms with Gasteiger partial charge in [0.15, 0.2) is 6.29 Å². The number of hydrogen-bond donors (Lipinski definition) is 0. The maximum absolute atomic E-state index is 12.4. The summed E-state index contributed by atoms with van der Waals surface area (Å²) in [5.74, 6) is 0. The predicted molar refractivity (Wildman–Crippen MR) is 97.7 cm³/mol. The van der Waals surface area contributed by atoms with Crippen molar-refractivity contribution in [2.75, 3.05) is 19.8 Å². The van der Waals surface area contributed by atoms with Gasteiger partial charge in [-0.2, -0.15) is 0 Å². The molecule has 2 unspecified atom stereocenters. The number of amides is 1. The molecule has 3 atom stereocenters. The minimum absolute atomic E-state index is 0.105. The molecule has 148 valence electrons. The molecule has 0 aromatic rings. The SMILES string of the molecule is CC(C)(C)OC(=O)N1CCC[C@H]1C(CCCOC1CCCCO1)N=[N+]=[N-]. The average Bonchev–Trinajstić information content (AvgIpc) is 3.07. The highest BCUT2D eigenvalue weighted by Crippen LogP contribution is 2.27. The lowest BCUT2D eigenvalue weighted by atomic mass is 10.0. The van der Waals surface area contributed by atoms with Gasteiger partial charge in [-0.3, -0.25) is 0 Å². The number of carbonyl (C=O) groups is 1. The van der Waals surface area contributed by atoms with E-state index in [1.165, 1.54) is 0 Å². The highest BCUT2D eigenvalue weighted by Gasteiger charge is 2.36. The summed E-state index contributed by atoms with van der Waals surface area (Å²) in [7, 11) is 0. The van der Waals surface area contributed by atoms with Crippen LogP contribution in [0.3, 0.4) is 0 Å². The second kappa shape index (κ2) is 10.00. The molecule has 2 fully saturated rings. The molecule has 8 heteroatoms. The third-order valence-corrected chi connectivity index (χ3v) is 4.66. The van der Waals surface area contributed by atoms with E-state index in [1.54, 1.807) is 4.90 Å². The number of rotatable bonds is 7. The van der Waals surface area contributed by atoms with Crippen molar-refractivity contribution in [3.63, 3.8) is 0 Å². The Labute approximate surface area is 155 Å². The van der Waals surface area contributed by atoms with Crippen molar-refractivity contribution in [3.8, 4) is 0 Å². The molecule has 2 rings (SSSR count). The lowest BCUT2D eigenvalue weighted by molar-refractivity contribution is -0.163. The van der Waals surface area contributed by atoms with Gasteiger partial charge in [-0.05, 0) is 71.2 Å². The minimum atomic E-state index is -0.536. The van der Waals surface area contributed by atoms with Crippen LogP contribution in [0.2, 0.25) is 0 Å². The number of ether oxygens (including phenoxy) is 3. The fourth-order valence-corrected chi connectivity index (χ4v) is 3.48. The van der Waals surface area contributed by atoms with E-state index in [-0.39, 0.29) is 24.5 Å². The molecule has 0 aromatic carbocycles. The Morgan fingerprint density at radius 1 is 1.35 bits per heavy atom. The van der Waals surface area contributed by atoms with Gasteiger partial charge in [0.25, 0.3) is 0 Å². The van der Waals surface area contributed by atoms with Crippen LogP contribution in [-0.2, 0) is 14.2 Å². The first-order chi connectivity index (χ1) is 12.4. The van der Waals surface area contributed by atoms with Crippen LogP contribution in [0, 0.1) is 0 Å². The van der Waals surface area contributed by atoms with Gasteiger partial charge in [-0.15, -0.1) is 0 Å². The molecule has 1 amide bonds. The molecule has 2 aliphatic heterocycles. The van der Waals surface area contributed by atoms with E-state index in [9.17, 15) is 4.79 Å². The van der Waals surface area contributed by atoms with Crippen LogP contribution in [0.4, 0.5) is 4.79 Å². The Hall–Kier alpha value is -1.50. The van der Waals surface area contributed by atoms with E-state index in [1.807, 2.05) is 20.8 Å². The first-order valence-electron chi connectivity index (χ1n) is 9.68. The number of azide groups is 1. The van der Waals surface area contributed by atoms with Gasteiger partial charge in [-0.1, -0.05) is 5.11 Å². The van der Waals surface area contributed by atoms with Crippen molar-refractivity contribution in [3.05, 3.63) is 10.4 Å². The summed E-state index contributed by atoms with van der Waals surface area (Å²) in [6, 6.07) is -0.363. The van der Waals surface area contributed by atoms with Crippen molar-refractivity contribution in [1.82, 2.24) is 4.90 Å². The van der Waals surface area contributed by atoms with Crippen LogP contribution in [-0.4, -0.2) is 54.7 Å². The van der Waals surface area contributed by atoms with Crippen LogP contribution in [0.15, 0.2) is 5.11 Å². The zero-order valence-corrected chi connectivity index (χ0v) is 16.2. The minimum Gasteiger partial charge on any atom is -0.444 e. The average molecular weight is 368 g/mol. The molecule has 0 aliphatic carbocycles. The lowest BCUT2D eigenvalue weighted by Crippen LogP contribution is -2.44. The van der Waals surface area contributed by atoms with Gasteiger partial charge >= 0.3 is 6.09 Å². The molecule has 2 saturated heterocycles. The summed E-state index contributed by atoms with van der Waals surface area (Å²) in [5, 5.41) is 3.96. The summed E-state index contributed by atoms with van der Waals surface area (Å²) in [5.41, 5.74) is 8.41. The van der Waals surface area contributed by atoms with E-state index >= 15 is 0 Å². The number of hydrogen-bond acceptors (Lipinski definition) is 5. The van der Waals surface area contributed by atoms with Gasteiger partial charge in [0.1, 0.15) is 5.60 Å². The first-order valence-corrected chi connectivity index (χ1v) is 9.68. The normalized spacial score (nSPS) is 24.8. The molecule has 0 saturated carbocycles. The lowest BCUT2D eigenvalue weighted by Gasteiger charge is -2.31. The Morgan fingerprint density at radius 3 is 2.81 bits per heavy atom. The second-order valence-corrected chi connectivity index (χ2v) is 7.96. The summed E-state index contributed by atoms with van der Waals surface area (Å²) in [6.07, 6.45) is 5.91. The quantitative estimate of drug-likeness (QED) is 0.288. The second-order valence-electron chi connectivity index (χ2n) is 7.96. The van der Waals surface area contributed by atoms with E-state index in [0.717, 1.165) is 45.1 Å². The summed E-state index contributed by atoms with van der Waals surface area (Å²) in [4.78, 5) is 17.2. The zero-order chi connectivity index (χ0) is 19.0. The van der Waals surface area contributed by atoms with E-state index in [2.05, 4.69) is 10.0 Å². The van der Waals surface area contributed by atoms with E-state index in [4.69, 9.17) is 19.7 Å². The Morgan fingerprint density at radius 2 is 2.15 bits per heavy atom. The molecular formula is C18H32N4O4.